The number of hydrogen-bond donors (Lipinski definition) is 1. The molecule has 2 heterocycles. The first-order valence-electron chi connectivity index (χ1n) is 8.25. The molecule has 3 aliphatic rings. The molecule has 0 radical (unpaired) electrons. The molecule has 4 unspecified atom stereocenters. The SMILES string of the molecule is O=Cc1ccc(C(C2CCCC2)C2CCC3(O)CN23)cc1. The average molecular weight is 285 g/mol. The van der Waals surface area contributed by atoms with Crippen molar-refractivity contribution in [2.75, 3.05) is 6.54 Å². The Morgan fingerprint density at radius 3 is 2.43 bits per heavy atom. The number of carbonyl (C=O) groups excluding carboxylic acids is 1. The Morgan fingerprint density at radius 1 is 1.19 bits per heavy atom. The molecule has 1 saturated carbocycles. The summed E-state index contributed by atoms with van der Waals surface area (Å²) in [6, 6.07) is 8.63. The summed E-state index contributed by atoms with van der Waals surface area (Å²) in [6.45, 7) is 0.854. The molecule has 0 amide bonds. The Bertz CT molecular complexity index is 535. The Hall–Kier alpha value is -1.19. The van der Waals surface area contributed by atoms with Crippen LogP contribution < -0.4 is 0 Å². The van der Waals surface area contributed by atoms with Gasteiger partial charge in [0.05, 0.1) is 0 Å². The quantitative estimate of drug-likeness (QED) is 0.683. The van der Waals surface area contributed by atoms with Crippen LogP contribution in [0.1, 0.15) is 60.4 Å². The van der Waals surface area contributed by atoms with Gasteiger partial charge in [-0.15, -0.1) is 0 Å². The van der Waals surface area contributed by atoms with E-state index in [9.17, 15) is 9.90 Å². The van der Waals surface area contributed by atoms with Gasteiger partial charge in [-0.2, -0.15) is 0 Å². The van der Waals surface area contributed by atoms with Crippen LogP contribution in [-0.4, -0.2) is 34.6 Å². The molecule has 3 fully saturated rings. The third kappa shape index (κ3) is 2.23. The fourth-order valence-corrected chi connectivity index (χ4v) is 4.72. The number of aliphatic hydroxyl groups is 1. The highest BCUT2D eigenvalue weighted by molar-refractivity contribution is 5.74. The molecule has 1 aromatic rings. The highest BCUT2D eigenvalue weighted by atomic mass is 16.3. The van der Waals surface area contributed by atoms with Crippen molar-refractivity contribution < 1.29 is 9.90 Å². The van der Waals surface area contributed by atoms with Crippen LogP contribution in [0, 0.1) is 5.92 Å². The summed E-state index contributed by atoms with van der Waals surface area (Å²) >= 11 is 0. The molecule has 112 valence electrons. The van der Waals surface area contributed by atoms with E-state index < -0.39 is 5.72 Å². The lowest BCUT2D eigenvalue weighted by molar-refractivity contribution is 0.0998. The number of hydrogen-bond acceptors (Lipinski definition) is 3. The third-order valence-corrected chi connectivity index (χ3v) is 5.88. The summed E-state index contributed by atoms with van der Waals surface area (Å²) in [5.74, 6) is 1.25. The minimum atomic E-state index is -0.482. The molecule has 1 aliphatic carbocycles. The second-order valence-corrected chi connectivity index (χ2v) is 7.07. The molecular weight excluding hydrogens is 262 g/mol. The molecule has 0 bridgehead atoms. The van der Waals surface area contributed by atoms with Crippen molar-refractivity contribution >= 4 is 6.29 Å². The van der Waals surface area contributed by atoms with E-state index in [0.29, 0.717) is 12.0 Å². The van der Waals surface area contributed by atoms with Gasteiger partial charge in [0.15, 0.2) is 0 Å². The molecule has 21 heavy (non-hydrogen) atoms. The number of carbonyl (C=O) groups is 1. The van der Waals surface area contributed by atoms with E-state index in [1.165, 1.54) is 31.2 Å². The van der Waals surface area contributed by atoms with Gasteiger partial charge in [-0.1, -0.05) is 37.1 Å². The van der Waals surface area contributed by atoms with Gasteiger partial charge in [-0.25, -0.2) is 0 Å². The first kappa shape index (κ1) is 13.5. The number of benzene rings is 1. The van der Waals surface area contributed by atoms with Crippen molar-refractivity contribution in [3.05, 3.63) is 35.4 Å². The van der Waals surface area contributed by atoms with Crippen LogP contribution in [0.15, 0.2) is 24.3 Å². The van der Waals surface area contributed by atoms with E-state index in [1.807, 2.05) is 12.1 Å². The average Bonchev–Trinajstić information content (AvgIpc) is 2.88. The van der Waals surface area contributed by atoms with Gasteiger partial charge in [0.25, 0.3) is 0 Å². The summed E-state index contributed by atoms with van der Waals surface area (Å²) in [4.78, 5) is 13.2. The van der Waals surface area contributed by atoms with Crippen LogP contribution in [0.5, 0.6) is 0 Å². The Balaban J connectivity index is 1.64. The Labute approximate surface area is 126 Å². The fourth-order valence-electron chi connectivity index (χ4n) is 4.72. The minimum Gasteiger partial charge on any atom is -0.374 e. The van der Waals surface area contributed by atoms with E-state index in [0.717, 1.165) is 37.2 Å². The largest absolute Gasteiger partial charge is 0.374 e. The van der Waals surface area contributed by atoms with Crippen LogP contribution >= 0.6 is 0 Å². The second-order valence-electron chi connectivity index (χ2n) is 7.07. The normalized spacial score (nSPS) is 36.4. The van der Waals surface area contributed by atoms with Crippen molar-refractivity contribution in [2.24, 2.45) is 5.92 Å². The van der Waals surface area contributed by atoms with Gasteiger partial charge >= 0.3 is 0 Å². The van der Waals surface area contributed by atoms with Crippen LogP contribution in [-0.2, 0) is 0 Å². The standard InChI is InChI=1S/C18H23NO2/c20-11-13-5-7-15(8-6-13)17(14-3-1-2-4-14)16-9-10-18(21)12-19(16)18/h5-8,11,14,16-17,21H,1-4,9-10,12H2. The maximum absolute atomic E-state index is 10.9. The summed E-state index contributed by atoms with van der Waals surface area (Å²) in [6.07, 6.45) is 8.23. The predicted octanol–water partition coefficient (Wildman–Crippen LogP) is 2.94. The molecule has 2 saturated heterocycles. The number of nitrogens with zero attached hydrogens (tertiary/aromatic N) is 1. The second kappa shape index (κ2) is 4.92. The fraction of sp³-hybridized carbons (Fsp3) is 0.611. The van der Waals surface area contributed by atoms with Gasteiger partial charge in [0.1, 0.15) is 12.0 Å². The first-order valence-corrected chi connectivity index (χ1v) is 8.25. The van der Waals surface area contributed by atoms with E-state index in [-0.39, 0.29) is 0 Å². The molecular formula is C18H23NO2. The monoisotopic (exact) mass is 285 g/mol. The van der Waals surface area contributed by atoms with Gasteiger partial charge in [-0.3, -0.25) is 9.69 Å². The van der Waals surface area contributed by atoms with Crippen molar-refractivity contribution in [1.29, 1.82) is 0 Å². The van der Waals surface area contributed by atoms with Crippen molar-refractivity contribution in [2.45, 2.75) is 56.2 Å². The number of aldehydes is 1. The summed E-state index contributed by atoms with van der Waals surface area (Å²) in [5.41, 5.74) is 1.62. The molecule has 1 N–H and O–H groups in total. The van der Waals surface area contributed by atoms with Crippen molar-refractivity contribution in [3.8, 4) is 0 Å². The van der Waals surface area contributed by atoms with E-state index in [2.05, 4.69) is 17.0 Å². The van der Waals surface area contributed by atoms with E-state index >= 15 is 0 Å². The predicted molar refractivity (Wildman–Crippen MR) is 81.2 cm³/mol. The molecule has 0 aromatic heterocycles. The topological polar surface area (TPSA) is 40.3 Å². The lowest BCUT2D eigenvalue weighted by atomic mass is 9.78. The lowest BCUT2D eigenvalue weighted by Crippen LogP contribution is -2.30. The Kier molecular flexibility index (Phi) is 3.16. The summed E-state index contributed by atoms with van der Waals surface area (Å²) < 4.78 is 0. The first-order chi connectivity index (χ1) is 10.2. The van der Waals surface area contributed by atoms with Gasteiger partial charge in [0.2, 0.25) is 0 Å². The lowest BCUT2D eigenvalue weighted by Gasteiger charge is -2.31. The highest BCUT2D eigenvalue weighted by Crippen LogP contribution is 2.52. The molecule has 0 spiro atoms. The van der Waals surface area contributed by atoms with E-state index in [4.69, 9.17) is 0 Å². The number of piperidine rings is 1. The van der Waals surface area contributed by atoms with Crippen LogP contribution in [0.3, 0.4) is 0 Å². The molecule has 4 rings (SSSR count). The van der Waals surface area contributed by atoms with Gasteiger partial charge in [-0.05, 0) is 37.2 Å². The molecule has 3 heteroatoms. The van der Waals surface area contributed by atoms with Crippen LogP contribution in [0.25, 0.3) is 0 Å². The number of rotatable bonds is 4. The molecule has 3 nitrogen and oxygen atoms in total. The van der Waals surface area contributed by atoms with Gasteiger partial charge in [0, 0.05) is 24.1 Å². The zero-order valence-electron chi connectivity index (χ0n) is 12.4. The molecule has 2 aliphatic heterocycles. The summed E-state index contributed by atoms with van der Waals surface area (Å²) in [5, 5.41) is 10.3. The minimum absolute atomic E-state index is 0.482. The zero-order valence-corrected chi connectivity index (χ0v) is 12.4. The maximum Gasteiger partial charge on any atom is 0.150 e. The molecule has 1 aromatic carbocycles. The van der Waals surface area contributed by atoms with Crippen LogP contribution in [0.4, 0.5) is 0 Å². The number of fused-ring (bicyclic) bond motifs is 1. The Morgan fingerprint density at radius 2 is 1.90 bits per heavy atom. The van der Waals surface area contributed by atoms with Gasteiger partial charge < -0.3 is 5.11 Å². The third-order valence-electron chi connectivity index (χ3n) is 5.88. The van der Waals surface area contributed by atoms with E-state index in [1.54, 1.807) is 0 Å². The van der Waals surface area contributed by atoms with Crippen LogP contribution in [0.2, 0.25) is 0 Å². The van der Waals surface area contributed by atoms with Crippen molar-refractivity contribution in [3.63, 3.8) is 0 Å². The van der Waals surface area contributed by atoms with Crippen molar-refractivity contribution in [1.82, 2.24) is 4.90 Å². The molecule has 4 atom stereocenters. The maximum atomic E-state index is 10.9. The smallest absolute Gasteiger partial charge is 0.150 e. The highest BCUT2D eigenvalue weighted by Gasteiger charge is 2.60. The zero-order chi connectivity index (χ0) is 14.4. The summed E-state index contributed by atoms with van der Waals surface area (Å²) in [7, 11) is 0.